The number of likely N-dealkylation sites (N-methyl/N-ethyl adjacent to an activating group) is 1. The number of hydrogen-bond donors (Lipinski definition) is 2. The molecule has 1 aromatic carbocycles. The zero-order valence-corrected chi connectivity index (χ0v) is 11.7. The summed E-state index contributed by atoms with van der Waals surface area (Å²) in [5.74, 6) is 0. The number of nitrogens with zero attached hydrogens (tertiary/aromatic N) is 1. The predicted molar refractivity (Wildman–Crippen MR) is 75.5 cm³/mol. The molecule has 19 heavy (non-hydrogen) atoms. The van der Waals surface area contributed by atoms with E-state index in [1.807, 2.05) is 6.92 Å². The largest absolute Gasteiger partial charge is 0.318 e. The lowest BCUT2D eigenvalue weighted by atomic mass is 10.2. The predicted octanol–water partition coefficient (Wildman–Crippen LogP) is 1.12. The number of sulfonamides is 1. The average Bonchev–Trinajstić information content (AvgIpc) is 2.37. The quantitative estimate of drug-likeness (QED) is 0.860. The average molecular weight is 279 g/mol. The topological polar surface area (TPSA) is 71.1 Å². The van der Waals surface area contributed by atoms with Crippen LogP contribution in [0.25, 0.3) is 10.8 Å². The van der Waals surface area contributed by atoms with Crippen LogP contribution in [0.5, 0.6) is 0 Å². The van der Waals surface area contributed by atoms with Gasteiger partial charge in [-0.05, 0) is 37.6 Å². The molecule has 5 nitrogen and oxygen atoms in total. The van der Waals surface area contributed by atoms with Gasteiger partial charge in [0.1, 0.15) is 0 Å². The van der Waals surface area contributed by atoms with Crippen molar-refractivity contribution < 1.29 is 8.42 Å². The molecule has 0 fully saturated rings. The Kier molecular flexibility index (Phi) is 4.14. The van der Waals surface area contributed by atoms with Crippen LogP contribution in [0.2, 0.25) is 0 Å². The molecule has 0 amide bonds. The summed E-state index contributed by atoms with van der Waals surface area (Å²) in [6.45, 7) is 2.40. The van der Waals surface area contributed by atoms with E-state index >= 15 is 0 Å². The summed E-state index contributed by atoms with van der Waals surface area (Å²) in [6.07, 6.45) is 3.36. The number of pyridine rings is 1. The number of aromatic nitrogens is 1. The molecule has 1 atom stereocenters. The molecule has 0 saturated carbocycles. The highest BCUT2D eigenvalue weighted by molar-refractivity contribution is 7.89. The van der Waals surface area contributed by atoms with Gasteiger partial charge in [-0.15, -0.1) is 0 Å². The molecule has 0 bridgehead atoms. The highest BCUT2D eigenvalue weighted by Gasteiger charge is 2.17. The van der Waals surface area contributed by atoms with Crippen molar-refractivity contribution in [2.45, 2.75) is 17.9 Å². The first-order chi connectivity index (χ1) is 9.03. The first kappa shape index (κ1) is 13.9. The SMILES string of the molecule is CNC[C@@H](C)NS(=O)(=O)c1ccc2cnccc2c1. The lowest BCUT2D eigenvalue weighted by Crippen LogP contribution is -2.38. The van der Waals surface area contributed by atoms with Gasteiger partial charge in [-0.25, -0.2) is 13.1 Å². The van der Waals surface area contributed by atoms with Crippen LogP contribution in [-0.2, 0) is 10.0 Å². The molecule has 2 aromatic rings. The van der Waals surface area contributed by atoms with Gasteiger partial charge in [-0.1, -0.05) is 6.07 Å². The molecule has 0 aliphatic carbocycles. The molecule has 0 unspecified atom stereocenters. The Balaban J connectivity index is 2.32. The summed E-state index contributed by atoms with van der Waals surface area (Å²) in [7, 11) is -1.70. The number of hydrogen-bond acceptors (Lipinski definition) is 4. The molecule has 0 aliphatic rings. The summed E-state index contributed by atoms with van der Waals surface area (Å²) in [6, 6.07) is 6.65. The molecule has 2 N–H and O–H groups in total. The van der Waals surface area contributed by atoms with E-state index in [0.29, 0.717) is 6.54 Å². The minimum absolute atomic E-state index is 0.164. The smallest absolute Gasteiger partial charge is 0.240 e. The number of benzene rings is 1. The van der Waals surface area contributed by atoms with E-state index in [-0.39, 0.29) is 10.9 Å². The minimum Gasteiger partial charge on any atom is -0.318 e. The fourth-order valence-corrected chi connectivity index (χ4v) is 3.19. The first-order valence-corrected chi connectivity index (χ1v) is 7.52. The first-order valence-electron chi connectivity index (χ1n) is 6.03. The van der Waals surface area contributed by atoms with E-state index in [1.54, 1.807) is 43.7 Å². The number of rotatable bonds is 5. The van der Waals surface area contributed by atoms with Crippen LogP contribution in [-0.4, -0.2) is 33.0 Å². The van der Waals surface area contributed by atoms with Crippen LogP contribution in [0, 0.1) is 0 Å². The van der Waals surface area contributed by atoms with Gasteiger partial charge >= 0.3 is 0 Å². The highest BCUT2D eigenvalue weighted by Crippen LogP contribution is 2.18. The van der Waals surface area contributed by atoms with Crippen molar-refractivity contribution in [1.29, 1.82) is 0 Å². The van der Waals surface area contributed by atoms with Crippen molar-refractivity contribution >= 4 is 20.8 Å². The van der Waals surface area contributed by atoms with Gasteiger partial charge in [0.05, 0.1) is 4.90 Å². The maximum atomic E-state index is 12.2. The molecule has 1 aromatic heterocycles. The molecule has 0 saturated heterocycles. The summed E-state index contributed by atoms with van der Waals surface area (Å²) in [5.41, 5.74) is 0. The summed E-state index contributed by atoms with van der Waals surface area (Å²) < 4.78 is 27.0. The Morgan fingerprint density at radius 2 is 2.05 bits per heavy atom. The van der Waals surface area contributed by atoms with Crippen molar-refractivity contribution in [3.05, 3.63) is 36.7 Å². The van der Waals surface area contributed by atoms with Crippen LogP contribution < -0.4 is 10.0 Å². The van der Waals surface area contributed by atoms with Crippen LogP contribution in [0.4, 0.5) is 0 Å². The fourth-order valence-electron chi connectivity index (χ4n) is 1.91. The minimum atomic E-state index is -3.48. The molecular formula is C13H17N3O2S. The third kappa shape index (κ3) is 3.28. The Hall–Kier alpha value is -1.50. The Labute approximate surface area is 113 Å². The van der Waals surface area contributed by atoms with Crippen molar-refractivity contribution in [1.82, 2.24) is 15.0 Å². The van der Waals surface area contributed by atoms with E-state index in [2.05, 4.69) is 15.0 Å². The second-order valence-corrected chi connectivity index (χ2v) is 6.18. The molecule has 0 radical (unpaired) electrons. The van der Waals surface area contributed by atoms with Crippen molar-refractivity contribution in [2.24, 2.45) is 0 Å². The summed E-state index contributed by atoms with van der Waals surface area (Å²) in [5, 5.41) is 4.72. The molecule has 2 rings (SSSR count). The van der Waals surface area contributed by atoms with Crippen LogP contribution >= 0.6 is 0 Å². The van der Waals surface area contributed by atoms with E-state index in [0.717, 1.165) is 10.8 Å². The fraction of sp³-hybridized carbons (Fsp3) is 0.308. The lowest BCUT2D eigenvalue weighted by Gasteiger charge is -2.14. The third-order valence-corrected chi connectivity index (χ3v) is 4.38. The van der Waals surface area contributed by atoms with Crippen LogP contribution in [0.3, 0.4) is 0 Å². The van der Waals surface area contributed by atoms with Crippen molar-refractivity contribution in [3.8, 4) is 0 Å². The second-order valence-electron chi connectivity index (χ2n) is 4.46. The maximum absolute atomic E-state index is 12.2. The molecule has 1 heterocycles. The Morgan fingerprint density at radius 3 is 2.79 bits per heavy atom. The molecular weight excluding hydrogens is 262 g/mol. The van der Waals surface area contributed by atoms with Gasteiger partial charge in [0, 0.05) is 30.4 Å². The van der Waals surface area contributed by atoms with Gasteiger partial charge in [0.15, 0.2) is 0 Å². The van der Waals surface area contributed by atoms with Gasteiger partial charge < -0.3 is 5.32 Å². The molecule has 0 spiro atoms. The monoisotopic (exact) mass is 279 g/mol. The number of nitrogens with one attached hydrogen (secondary N) is 2. The Morgan fingerprint density at radius 1 is 1.26 bits per heavy atom. The second kappa shape index (κ2) is 5.64. The van der Waals surface area contributed by atoms with E-state index < -0.39 is 10.0 Å². The molecule has 0 aliphatic heterocycles. The standard InChI is InChI=1S/C13H17N3O2S/c1-10(8-14-2)16-19(17,18)13-4-3-12-9-15-6-5-11(12)7-13/h3-7,9-10,14,16H,8H2,1-2H3/t10-/m1/s1. The van der Waals surface area contributed by atoms with Gasteiger partial charge in [0.25, 0.3) is 0 Å². The zero-order valence-electron chi connectivity index (χ0n) is 10.9. The third-order valence-electron chi connectivity index (χ3n) is 2.79. The van der Waals surface area contributed by atoms with Crippen molar-refractivity contribution in [3.63, 3.8) is 0 Å². The van der Waals surface area contributed by atoms with Crippen molar-refractivity contribution in [2.75, 3.05) is 13.6 Å². The van der Waals surface area contributed by atoms with Gasteiger partial charge in [-0.2, -0.15) is 0 Å². The lowest BCUT2D eigenvalue weighted by molar-refractivity contribution is 0.550. The highest BCUT2D eigenvalue weighted by atomic mass is 32.2. The Bertz CT molecular complexity index is 670. The maximum Gasteiger partial charge on any atom is 0.240 e. The summed E-state index contributed by atoms with van der Waals surface area (Å²) in [4.78, 5) is 4.28. The molecule has 6 heteroatoms. The zero-order chi connectivity index (χ0) is 13.9. The number of fused-ring (bicyclic) bond motifs is 1. The van der Waals surface area contributed by atoms with Gasteiger partial charge in [0.2, 0.25) is 10.0 Å². The van der Waals surface area contributed by atoms with E-state index in [9.17, 15) is 8.42 Å². The van der Waals surface area contributed by atoms with Crippen LogP contribution in [0.1, 0.15) is 6.92 Å². The normalized spacial score (nSPS) is 13.6. The van der Waals surface area contributed by atoms with Crippen LogP contribution in [0.15, 0.2) is 41.6 Å². The molecule has 102 valence electrons. The van der Waals surface area contributed by atoms with Gasteiger partial charge in [-0.3, -0.25) is 4.98 Å². The van der Waals surface area contributed by atoms with E-state index in [4.69, 9.17) is 0 Å². The van der Waals surface area contributed by atoms with E-state index in [1.165, 1.54) is 0 Å². The summed E-state index contributed by atoms with van der Waals surface area (Å²) >= 11 is 0.